The maximum Gasteiger partial charge on any atom is 0.0230 e. The van der Waals surface area contributed by atoms with Gasteiger partial charge in [0.25, 0.3) is 0 Å². The molecule has 0 aliphatic heterocycles. The summed E-state index contributed by atoms with van der Waals surface area (Å²) in [5.41, 5.74) is 0. The van der Waals surface area contributed by atoms with Gasteiger partial charge in [-0.05, 0) is 6.42 Å². The van der Waals surface area contributed by atoms with E-state index in [9.17, 15) is 0 Å². The minimum Gasteiger partial charge on any atom is -0.127 e. The molecule has 0 saturated carbocycles. The van der Waals surface area contributed by atoms with Gasteiger partial charge in [0.15, 0.2) is 0 Å². The Morgan fingerprint density at radius 3 is 3.00 bits per heavy atom. The predicted octanol–water partition coefficient (Wildman–Crippen LogP) is 2.03. The first-order chi connectivity index (χ1) is 2.91. The fourth-order valence-electron chi connectivity index (χ4n) is 0.0945. The molecule has 0 atom stereocenters. The maximum absolute atomic E-state index is 6.65. The summed E-state index contributed by atoms with van der Waals surface area (Å²) in [5, 5.41) is 0. The number of halogens is 1. The zero-order chi connectivity index (χ0) is 4.83. The Morgan fingerprint density at radius 2 is 2.80 bits per heavy atom. The summed E-state index contributed by atoms with van der Waals surface area (Å²) in [4.78, 5) is 0. The molecule has 0 amide bonds. The van der Waals surface area contributed by atoms with Gasteiger partial charge >= 0.3 is 0 Å². The van der Waals surface area contributed by atoms with Crippen molar-refractivity contribution in [2.24, 2.45) is 0 Å². The van der Waals surface area contributed by atoms with Crippen LogP contribution >= 0.6 is 11.6 Å². The highest BCUT2D eigenvalue weighted by Gasteiger charge is 1.70. The van der Waals surface area contributed by atoms with Crippen LogP contribution in [0.1, 0.15) is 21.1 Å². The van der Waals surface area contributed by atoms with Crippen molar-refractivity contribution in [1.82, 2.24) is 0 Å². The molecule has 0 spiro atoms. The van der Waals surface area contributed by atoms with Gasteiger partial charge in [-0.25, -0.2) is 0 Å². The van der Waals surface area contributed by atoms with Gasteiger partial charge in [-0.1, -0.05) is 13.3 Å². The Hall–Kier alpha value is 0.290. The normalized spacial score (nSPS) is 11.0. The lowest BCUT2D eigenvalue weighted by atomic mass is 10.4. The highest BCUT2D eigenvalue weighted by Crippen LogP contribution is 1.86. The molecule has 0 rings (SSSR count). The highest BCUT2D eigenvalue weighted by molar-refractivity contribution is 6.17. The average Bonchev–Trinajstić information content (AvgIpc) is 1.61. The smallest absolute Gasteiger partial charge is 0.0230 e. The van der Waals surface area contributed by atoms with Gasteiger partial charge in [0, 0.05) is 7.25 Å². The van der Waals surface area contributed by atoms with Crippen LogP contribution in [0.4, 0.5) is 0 Å². The largest absolute Gasteiger partial charge is 0.127 e. The van der Waals surface area contributed by atoms with Crippen molar-refractivity contribution >= 4 is 11.6 Å². The fraction of sp³-hybridized carbons (Fsp3) is 1.00. The molecule has 0 heterocycles. The second-order valence-corrected chi connectivity index (χ2v) is 1.27. The molecular weight excluding hydrogens is 83.5 g/mol. The van der Waals surface area contributed by atoms with Crippen LogP contribution < -0.4 is 0 Å². The topological polar surface area (TPSA) is 0 Å². The molecule has 5 heavy (non-hydrogen) atoms. The first-order valence-electron chi connectivity index (χ1n) is 2.47. The zero-order valence-corrected chi connectivity index (χ0v) is 3.96. The van der Waals surface area contributed by atoms with Gasteiger partial charge in [-0.2, -0.15) is 0 Å². The van der Waals surface area contributed by atoms with Gasteiger partial charge in [0.2, 0.25) is 0 Å². The highest BCUT2D eigenvalue weighted by atomic mass is 35.5. The average molecular weight is 93.6 g/mol. The molecule has 0 aliphatic rings. The van der Waals surface area contributed by atoms with Crippen LogP contribution in [0.3, 0.4) is 0 Å². The van der Waals surface area contributed by atoms with Crippen molar-refractivity contribution in [3.05, 3.63) is 0 Å². The van der Waals surface area contributed by atoms with Crippen LogP contribution in [0, 0.1) is 0 Å². The molecule has 0 nitrogen and oxygen atoms in total. The number of rotatable bonds is 2. The lowest BCUT2D eigenvalue weighted by Crippen LogP contribution is -1.65. The van der Waals surface area contributed by atoms with E-state index in [2.05, 4.69) is 0 Å². The Balaban J connectivity index is 2.34. The van der Waals surface area contributed by atoms with Crippen molar-refractivity contribution in [1.29, 1.82) is 0 Å². The first-order valence-corrected chi connectivity index (χ1v) is 2.30. The molecule has 0 bridgehead atoms. The van der Waals surface area contributed by atoms with E-state index < -0.39 is 0 Å². The summed E-state index contributed by atoms with van der Waals surface area (Å²) < 4.78 is 6.65. The molecule has 0 fully saturated rings. The van der Waals surface area contributed by atoms with Crippen molar-refractivity contribution in [2.75, 3.05) is 5.88 Å². The Bertz CT molecular complexity index is 19.5. The number of unbranched alkanes of at least 4 members (excludes halogenated alkanes) is 1. The summed E-state index contributed by atoms with van der Waals surface area (Å²) in [5.74, 6) is 0.707. The minimum atomic E-state index is 0.521. The lowest BCUT2D eigenvalue weighted by molar-refractivity contribution is 0.892. The van der Waals surface area contributed by atoms with E-state index in [1.807, 2.05) is 0 Å². The quantitative estimate of drug-likeness (QED) is 0.362. The van der Waals surface area contributed by atoms with Crippen LogP contribution in [-0.2, 0) is 0 Å². The van der Waals surface area contributed by atoms with Gasteiger partial charge in [-0.15, -0.1) is 11.6 Å². The monoisotopic (exact) mass is 93.0 g/mol. The van der Waals surface area contributed by atoms with Gasteiger partial charge in [-0.3, -0.25) is 0 Å². The molecule has 0 aliphatic carbocycles. The predicted molar refractivity (Wildman–Crippen MR) is 25.6 cm³/mol. The maximum atomic E-state index is 6.65. The molecule has 0 N–H and O–H groups in total. The van der Waals surface area contributed by atoms with E-state index in [-0.39, 0.29) is 0 Å². The van der Waals surface area contributed by atoms with E-state index in [1.165, 1.54) is 0 Å². The van der Waals surface area contributed by atoms with Crippen LogP contribution in [0.15, 0.2) is 0 Å². The van der Waals surface area contributed by atoms with Crippen LogP contribution in [0.25, 0.3) is 0 Å². The number of hydrogen-bond donors (Lipinski definition) is 0. The van der Waals surface area contributed by atoms with Crippen molar-refractivity contribution in [3.63, 3.8) is 0 Å². The van der Waals surface area contributed by atoms with Crippen molar-refractivity contribution in [3.8, 4) is 0 Å². The van der Waals surface area contributed by atoms with E-state index in [0.29, 0.717) is 12.8 Å². The second kappa shape index (κ2) is 4.29. The molecule has 0 radical (unpaired) electrons. The number of alkyl halides is 1. The van der Waals surface area contributed by atoms with E-state index in [0.717, 1.165) is 12.8 Å². The van der Waals surface area contributed by atoms with E-state index in [4.69, 9.17) is 13.0 Å². The number of hydrogen-bond acceptors (Lipinski definition) is 0. The minimum absolute atomic E-state index is 0.521. The third-order valence-electron chi connectivity index (χ3n) is 0.384. The Labute approximate surface area is 39.5 Å². The SMILES string of the molecule is [2H]CCCCCl. The summed E-state index contributed by atoms with van der Waals surface area (Å²) in [6.07, 6.45) is 1.94. The third-order valence-corrected chi connectivity index (χ3v) is 0.651. The zero-order valence-electron chi connectivity index (χ0n) is 4.21. The van der Waals surface area contributed by atoms with E-state index in [1.54, 1.807) is 0 Å². The summed E-state index contributed by atoms with van der Waals surface area (Å²) >= 11 is 5.30. The Kier molecular flexibility index (Phi) is 2.99. The van der Waals surface area contributed by atoms with Gasteiger partial charge in [0.1, 0.15) is 0 Å². The summed E-state index contributed by atoms with van der Waals surface area (Å²) in [6.45, 7) is 0.521. The Morgan fingerprint density at radius 1 is 2.00 bits per heavy atom. The molecule has 0 aromatic carbocycles. The standard InChI is InChI=1S/C4H9Cl/c1-2-3-4-5/h2-4H2,1H3/i1D. The van der Waals surface area contributed by atoms with Crippen LogP contribution in [-0.4, -0.2) is 5.88 Å². The van der Waals surface area contributed by atoms with Crippen LogP contribution in [0.5, 0.6) is 0 Å². The van der Waals surface area contributed by atoms with E-state index >= 15 is 0 Å². The molecule has 0 saturated heterocycles. The molecule has 32 valence electrons. The summed E-state index contributed by atoms with van der Waals surface area (Å²) in [6, 6.07) is 0. The molecular formula is C4H9Cl. The van der Waals surface area contributed by atoms with Crippen molar-refractivity contribution in [2.45, 2.75) is 19.7 Å². The summed E-state index contributed by atoms with van der Waals surface area (Å²) in [7, 11) is 0. The molecule has 1 heteroatoms. The van der Waals surface area contributed by atoms with Crippen LogP contribution in [0.2, 0.25) is 0 Å². The third kappa shape index (κ3) is 4.29. The molecule has 0 aromatic rings. The first kappa shape index (κ1) is 3.48. The van der Waals surface area contributed by atoms with Gasteiger partial charge in [0.05, 0.1) is 0 Å². The lowest BCUT2D eigenvalue weighted by Gasteiger charge is -1.77. The fourth-order valence-corrected chi connectivity index (χ4v) is 0.283. The van der Waals surface area contributed by atoms with Gasteiger partial charge < -0.3 is 0 Å². The molecule has 0 aromatic heterocycles. The van der Waals surface area contributed by atoms with Crippen molar-refractivity contribution < 1.29 is 1.37 Å². The molecule has 0 unspecified atom stereocenters. The second-order valence-electron chi connectivity index (χ2n) is 0.896.